The molecule has 0 saturated carbocycles. The molecule has 0 aromatic heterocycles. The Bertz CT molecular complexity index is 642. The lowest BCUT2D eigenvalue weighted by Gasteiger charge is -2.13. The van der Waals surface area contributed by atoms with Crippen molar-refractivity contribution in [3.63, 3.8) is 0 Å². The van der Waals surface area contributed by atoms with Gasteiger partial charge in [0.15, 0.2) is 0 Å². The summed E-state index contributed by atoms with van der Waals surface area (Å²) in [4.78, 5) is 7.26. The third kappa shape index (κ3) is 5.30. The van der Waals surface area contributed by atoms with Crippen LogP contribution in [0.2, 0.25) is 0 Å². The van der Waals surface area contributed by atoms with Gasteiger partial charge in [0.25, 0.3) is 0 Å². The molecule has 2 aromatic rings. The van der Waals surface area contributed by atoms with Gasteiger partial charge in [-0.25, -0.2) is 8.42 Å². The molecule has 4 nitrogen and oxygen atoms in total. The second kappa shape index (κ2) is 7.36. The first kappa shape index (κ1) is 15.7. The molecule has 0 saturated heterocycles. The topological polar surface area (TPSA) is 55.4 Å². The van der Waals surface area contributed by atoms with Crippen LogP contribution in [0.5, 0.6) is 0 Å². The van der Waals surface area contributed by atoms with E-state index in [1.54, 1.807) is 0 Å². The Morgan fingerprint density at radius 2 is 1.57 bits per heavy atom. The molecule has 0 heterocycles. The summed E-state index contributed by atoms with van der Waals surface area (Å²) in [5, 5.41) is 0. The predicted octanol–water partition coefficient (Wildman–Crippen LogP) is 2.84. The fourth-order valence-electron chi connectivity index (χ4n) is 2.02. The highest BCUT2D eigenvalue weighted by atomic mass is 32.2. The van der Waals surface area contributed by atoms with Crippen molar-refractivity contribution in [3.8, 4) is 0 Å². The van der Waals surface area contributed by atoms with Crippen LogP contribution in [0.1, 0.15) is 24.0 Å². The van der Waals surface area contributed by atoms with Crippen LogP contribution in [0.3, 0.4) is 0 Å². The van der Waals surface area contributed by atoms with E-state index in [1.165, 1.54) is 0 Å². The lowest BCUT2D eigenvalue weighted by molar-refractivity contribution is 0.0794. The molecule has 0 amide bonds. The molecule has 112 valence electrons. The molecule has 0 aliphatic rings. The van der Waals surface area contributed by atoms with Crippen molar-refractivity contribution in [1.29, 1.82) is 0 Å². The van der Waals surface area contributed by atoms with Gasteiger partial charge in [-0.1, -0.05) is 72.5 Å². The Morgan fingerprint density at radius 3 is 2.19 bits per heavy atom. The first-order valence-electron chi connectivity index (χ1n) is 6.77. The lowest BCUT2D eigenvalue weighted by atomic mass is 10.0. The fourth-order valence-corrected chi connectivity index (χ4v) is 3.17. The number of hydrogen-bond donors (Lipinski definition) is 1. The molecule has 0 bridgehead atoms. The second-order valence-corrected chi connectivity index (χ2v) is 6.68. The average Bonchev–Trinajstić information content (AvgIpc) is 2.48. The van der Waals surface area contributed by atoms with Gasteiger partial charge in [0.2, 0.25) is 10.0 Å². The minimum atomic E-state index is -3.47. The highest BCUT2D eigenvalue weighted by Crippen LogP contribution is 2.16. The molecule has 0 aliphatic heterocycles. The Hall–Kier alpha value is -1.69. The molecule has 0 radical (unpaired) electrons. The zero-order valence-electron chi connectivity index (χ0n) is 11.9. The fraction of sp³-hybridized carbons (Fsp3) is 0.250. The summed E-state index contributed by atoms with van der Waals surface area (Å²) in [5.74, 6) is -0.102. The van der Waals surface area contributed by atoms with Crippen LogP contribution >= 0.6 is 0 Å². The quantitative estimate of drug-likeness (QED) is 0.800. The monoisotopic (exact) mass is 305 g/mol. The Balaban J connectivity index is 1.85. The minimum Gasteiger partial charge on any atom is -0.282 e. The van der Waals surface area contributed by atoms with E-state index in [9.17, 15) is 8.42 Å². The molecule has 0 aliphatic carbocycles. The molecule has 1 unspecified atom stereocenters. The van der Waals surface area contributed by atoms with Gasteiger partial charge >= 0.3 is 0 Å². The molecule has 1 atom stereocenters. The maximum Gasteiger partial charge on any atom is 0.234 e. The van der Waals surface area contributed by atoms with Gasteiger partial charge < -0.3 is 0 Å². The Labute approximate surface area is 125 Å². The van der Waals surface area contributed by atoms with Crippen molar-refractivity contribution < 1.29 is 13.3 Å². The average molecular weight is 305 g/mol. The summed E-state index contributed by atoms with van der Waals surface area (Å²) in [7, 11) is -3.47. The predicted molar refractivity (Wildman–Crippen MR) is 83.0 cm³/mol. The van der Waals surface area contributed by atoms with Gasteiger partial charge in [0.1, 0.15) is 0 Å². The summed E-state index contributed by atoms with van der Waals surface area (Å²) in [6.45, 7) is 2.09. The zero-order chi connectivity index (χ0) is 15.1. The van der Waals surface area contributed by atoms with Crippen molar-refractivity contribution in [3.05, 3.63) is 71.8 Å². The van der Waals surface area contributed by atoms with E-state index in [1.807, 2.05) is 67.6 Å². The van der Waals surface area contributed by atoms with Crippen LogP contribution in [-0.4, -0.2) is 14.2 Å². The van der Waals surface area contributed by atoms with Gasteiger partial charge in [-0.2, -0.15) is 0 Å². The van der Waals surface area contributed by atoms with Crippen LogP contribution < -0.4 is 4.89 Å². The highest BCUT2D eigenvalue weighted by Gasteiger charge is 2.17. The number of nitrogens with one attached hydrogen (secondary N) is 1. The summed E-state index contributed by atoms with van der Waals surface area (Å²) >= 11 is 0. The third-order valence-corrected chi connectivity index (χ3v) is 4.42. The zero-order valence-corrected chi connectivity index (χ0v) is 12.7. The van der Waals surface area contributed by atoms with Crippen LogP contribution in [0, 0.1) is 0 Å². The molecule has 2 aromatic carbocycles. The van der Waals surface area contributed by atoms with Crippen LogP contribution in [0.15, 0.2) is 60.7 Å². The Kier molecular flexibility index (Phi) is 5.50. The minimum absolute atomic E-state index is 0.00813. The van der Waals surface area contributed by atoms with E-state index in [-0.39, 0.29) is 18.3 Å². The molecule has 0 fully saturated rings. The van der Waals surface area contributed by atoms with Gasteiger partial charge in [-0.05, 0) is 17.0 Å². The number of hydrogen-bond acceptors (Lipinski definition) is 3. The SMILES string of the molecule is CC(CS(=O)(=O)NOCc1ccccc1)c1ccccc1. The number of sulfonamides is 1. The summed E-state index contributed by atoms with van der Waals surface area (Å²) in [6.07, 6.45) is 0. The molecule has 1 N–H and O–H groups in total. The molecule has 5 heteroatoms. The Morgan fingerprint density at radius 1 is 1.00 bits per heavy atom. The molecule has 21 heavy (non-hydrogen) atoms. The van der Waals surface area contributed by atoms with Crippen molar-refractivity contribution in [2.24, 2.45) is 0 Å². The third-order valence-electron chi connectivity index (χ3n) is 3.11. The maximum absolute atomic E-state index is 12.0. The molecular weight excluding hydrogens is 286 g/mol. The van der Waals surface area contributed by atoms with Gasteiger partial charge in [0, 0.05) is 0 Å². The summed E-state index contributed by atoms with van der Waals surface area (Å²) in [6, 6.07) is 19.0. The van der Waals surface area contributed by atoms with E-state index in [2.05, 4.69) is 4.89 Å². The normalized spacial score (nSPS) is 13.0. The molecule has 2 rings (SSSR count). The van der Waals surface area contributed by atoms with Gasteiger partial charge in [-0.3, -0.25) is 4.84 Å². The highest BCUT2D eigenvalue weighted by molar-refractivity contribution is 7.89. The van der Waals surface area contributed by atoms with Crippen LogP contribution in [0.4, 0.5) is 0 Å². The lowest BCUT2D eigenvalue weighted by Crippen LogP contribution is -2.28. The second-order valence-electron chi connectivity index (χ2n) is 4.95. The van der Waals surface area contributed by atoms with E-state index in [4.69, 9.17) is 4.84 Å². The van der Waals surface area contributed by atoms with Crippen molar-refractivity contribution in [2.75, 3.05) is 5.75 Å². The smallest absolute Gasteiger partial charge is 0.234 e. The molecule has 0 spiro atoms. The van der Waals surface area contributed by atoms with E-state index in [0.29, 0.717) is 0 Å². The van der Waals surface area contributed by atoms with Gasteiger partial charge in [0.05, 0.1) is 12.4 Å². The van der Waals surface area contributed by atoms with E-state index >= 15 is 0 Å². The summed E-state index contributed by atoms with van der Waals surface area (Å²) in [5.41, 5.74) is 1.90. The first-order chi connectivity index (χ1) is 10.1. The standard InChI is InChI=1S/C16H19NO3S/c1-14(16-10-6-3-7-11-16)13-21(18,19)17-20-12-15-8-4-2-5-9-15/h2-11,14,17H,12-13H2,1H3. The first-order valence-corrected chi connectivity index (χ1v) is 8.42. The van der Waals surface area contributed by atoms with E-state index in [0.717, 1.165) is 11.1 Å². The maximum atomic E-state index is 12.0. The largest absolute Gasteiger partial charge is 0.282 e. The van der Waals surface area contributed by atoms with Crippen LogP contribution in [0.25, 0.3) is 0 Å². The van der Waals surface area contributed by atoms with Crippen molar-refractivity contribution in [1.82, 2.24) is 4.89 Å². The number of benzene rings is 2. The van der Waals surface area contributed by atoms with Gasteiger partial charge in [-0.15, -0.1) is 0 Å². The molecular formula is C16H19NO3S. The van der Waals surface area contributed by atoms with E-state index < -0.39 is 10.0 Å². The van der Waals surface area contributed by atoms with Crippen molar-refractivity contribution >= 4 is 10.0 Å². The summed E-state index contributed by atoms with van der Waals surface area (Å²) < 4.78 is 23.9. The van der Waals surface area contributed by atoms with Crippen LogP contribution in [-0.2, 0) is 21.5 Å². The number of rotatable bonds is 7. The van der Waals surface area contributed by atoms with Crippen molar-refractivity contribution in [2.45, 2.75) is 19.4 Å².